The molecule has 0 bridgehead atoms. The molecule has 0 saturated heterocycles. The largest absolute Gasteiger partial charge is 0.468 e. The topological polar surface area (TPSA) is 105 Å². The summed E-state index contributed by atoms with van der Waals surface area (Å²) in [5.74, 6) is 12.3. The van der Waals surface area contributed by atoms with Gasteiger partial charge in [0.15, 0.2) is 0 Å². The monoisotopic (exact) mass is 1000 g/mol. The predicted octanol–water partition coefficient (Wildman–Crippen LogP) is 10.8. The van der Waals surface area contributed by atoms with E-state index in [4.69, 9.17) is 18.9 Å². The van der Waals surface area contributed by atoms with Gasteiger partial charge >= 0.3 is 23.9 Å². The van der Waals surface area contributed by atoms with Crippen molar-refractivity contribution in [2.75, 3.05) is 28.4 Å². The zero-order valence-corrected chi connectivity index (χ0v) is 47.5. The Balaban J connectivity index is 1.92. The van der Waals surface area contributed by atoms with Crippen molar-refractivity contribution in [3.8, 4) is 23.7 Å². The van der Waals surface area contributed by atoms with E-state index in [0.717, 1.165) is 53.8 Å². The minimum Gasteiger partial charge on any atom is -0.468 e. The molecule has 0 saturated carbocycles. The maximum Gasteiger partial charge on any atom is 0.338 e. The van der Waals surface area contributed by atoms with Crippen LogP contribution in [0.15, 0.2) is 97.1 Å². The fourth-order valence-corrected chi connectivity index (χ4v) is 19.3. The first-order chi connectivity index (χ1) is 32.7. The van der Waals surface area contributed by atoms with Crippen LogP contribution in [0.1, 0.15) is 54.1 Å². The fourth-order valence-electron chi connectivity index (χ4n) is 10.7. The summed E-state index contributed by atoms with van der Waals surface area (Å²) in [6, 6.07) is 28.0. The SMILES string of the molecule is COC(=O)c1c(C(=O)OC)c([Si](C)(C)C)c2cc3c(C#Cc4ccccc4)c4cc5c(cc4c(C#Cc4ccccc4)c3cc2c1[Si](C)(C)C)C(C(=O)OC)([Si](C)(C)C)C=CC5(C(=O)OC)[Si](C)(C)C. The highest BCUT2D eigenvalue weighted by Crippen LogP contribution is 2.53. The van der Waals surface area contributed by atoms with Crippen molar-refractivity contribution in [2.45, 2.75) is 88.6 Å². The molecule has 0 N–H and O–H groups in total. The number of carbonyl (C=O) groups excluding carboxylic acids is 4. The Bertz CT molecular complexity index is 3110. The summed E-state index contributed by atoms with van der Waals surface area (Å²) in [5, 5.41) is 3.78. The number of esters is 4. The molecule has 12 heteroatoms. The van der Waals surface area contributed by atoms with Crippen molar-refractivity contribution in [1.82, 2.24) is 0 Å². The van der Waals surface area contributed by atoms with Gasteiger partial charge < -0.3 is 18.9 Å². The molecule has 7 rings (SSSR count). The molecule has 0 heterocycles. The van der Waals surface area contributed by atoms with E-state index in [0.29, 0.717) is 22.3 Å². The zero-order valence-electron chi connectivity index (χ0n) is 43.5. The van der Waals surface area contributed by atoms with E-state index in [9.17, 15) is 19.2 Å². The molecule has 360 valence electrons. The Morgan fingerprint density at radius 2 is 0.729 bits per heavy atom. The van der Waals surface area contributed by atoms with Gasteiger partial charge in [0, 0.05) is 22.3 Å². The molecule has 0 amide bonds. The number of benzene rings is 6. The highest BCUT2D eigenvalue weighted by atomic mass is 28.3. The molecule has 2 atom stereocenters. The number of fused-ring (bicyclic) bond motifs is 4. The van der Waals surface area contributed by atoms with Gasteiger partial charge in [-0.25, -0.2) is 9.59 Å². The minimum atomic E-state index is -2.67. The lowest BCUT2D eigenvalue weighted by atomic mass is 9.77. The van der Waals surface area contributed by atoms with Gasteiger partial charge in [-0.2, -0.15) is 0 Å². The number of rotatable bonds is 8. The van der Waals surface area contributed by atoms with Crippen LogP contribution in [-0.2, 0) is 38.6 Å². The molecule has 6 aromatic rings. The van der Waals surface area contributed by atoms with Gasteiger partial charge in [0.25, 0.3) is 0 Å². The first-order valence-electron chi connectivity index (χ1n) is 23.6. The molecule has 0 fully saturated rings. The zero-order chi connectivity index (χ0) is 51.5. The average molecular weight is 1000 g/mol. The lowest BCUT2D eigenvalue weighted by Gasteiger charge is -2.50. The summed E-state index contributed by atoms with van der Waals surface area (Å²) < 4.78 is 22.7. The predicted molar refractivity (Wildman–Crippen MR) is 296 cm³/mol. The van der Waals surface area contributed by atoms with E-state index in [1.165, 1.54) is 28.4 Å². The van der Waals surface area contributed by atoms with Crippen LogP contribution in [0.4, 0.5) is 0 Å². The summed E-state index contributed by atoms with van der Waals surface area (Å²) in [6.45, 7) is 25.9. The standard InChI is InChI=1S/C58H64O8Si4/c1-63-53(59)49-50(54(60)64-2)52(68(8,9)10)46-34-42-40(30-28-38-25-21-18-22-26-38)44-36-48-47(57(55(61)65-3,69(11,12)13)31-32-58(48,56(62)66-4)70(14,15)16)35-43(44)39(29-27-37-23-19-17-20-24-37)41(42)33-45(46)51(49)67(5,6)7/h17-26,31-36H,1-16H3. The molecule has 1 aliphatic carbocycles. The van der Waals surface area contributed by atoms with Gasteiger partial charge in [0.2, 0.25) is 0 Å². The summed E-state index contributed by atoms with van der Waals surface area (Å²) >= 11 is 0. The highest BCUT2D eigenvalue weighted by Gasteiger charge is 2.61. The third kappa shape index (κ3) is 8.38. The van der Waals surface area contributed by atoms with Gasteiger partial charge in [0.05, 0.1) is 71.9 Å². The Morgan fingerprint density at radius 3 is 1.00 bits per heavy atom. The smallest absolute Gasteiger partial charge is 0.338 e. The lowest BCUT2D eigenvalue weighted by Crippen LogP contribution is -2.62. The first kappa shape index (κ1) is 51.6. The van der Waals surface area contributed by atoms with Gasteiger partial charge in [-0.3, -0.25) is 9.59 Å². The van der Waals surface area contributed by atoms with E-state index >= 15 is 0 Å². The molecule has 6 aromatic carbocycles. The number of carbonyl (C=O) groups is 4. The molecular formula is C58H64O8Si4. The highest BCUT2D eigenvalue weighted by molar-refractivity contribution is 6.94. The third-order valence-electron chi connectivity index (χ3n) is 14.0. The van der Waals surface area contributed by atoms with E-state index in [1.807, 2.05) is 72.8 Å². The molecule has 0 aliphatic heterocycles. The second-order valence-electron chi connectivity index (χ2n) is 22.3. The Kier molecular flexibility index (Phi) is 13.6. The minimum absolute atomic E-state index is 0.240. The molecule has 8 nitrogen and oxygen atoms in total. The Hall–Kier alpha value is -6.29. The first-order valence-corrected chi connectivity index (χ1v) is 37.6. The quantitative estimate of drug-likeness (QED) is 0.0371. The van der Waals surface area contributed by atoms with Crippen LogP contribution >= 0.6 is 0 Å². The Labute approximate surface area is 417 Å². The van der Waals surface area contributed by atoms with Gasteiger partial charge in [-0.05, 0) is 102 Å². The van der Waals surface area contributed by atoms with Crippen molar-refractivity contribution in [3.05, 3.63) is 142 Å². The fraction of sp³-hybridized carbons (Fsp3) is 0.310. The van der Waals surface area contributed by atoms with Crippen LogP contribution in [0.25, 0.3) is 32.3 Å². The molecule has 1 aliphatic rings. The second kappa shape index (κ2) is 18.5. The van der Waals surface area contributed by atoms with Crippen LogP contribution in [-0.4, -0.2) is 84.6 Å². The van der Waals surface area contributed by atoms with E-state index < -0.39 is 66.2 Å². The maximum absolute atomic E-state index is 14.8. The van der Waals surface area contributed by atoms with Crippen LogP contribution in [0.3, 0.4) is 0 Å². The summed E-state index contributed by atoms with van der Waals surface area (Å²) in [4.78, 5) is 58.3. The summed E-state index contributed by atoms with van der Waals surface area (Å²) in [6.07, 6.45) is 3.89. The van der Waals surface area contributed by atoms with Gasteiger partial charge in [-0.15, -0.1) is 0 Å². The maximum atomic E-state index is 14.8. The molecule has 2 unspecified atom stereocenters. The lowest BCUT2D eigenvalue weighted by molar-refractivity contribution is -0.145. The van der Waals surface area contributed by atoms with Gasteiger partial charge in [-0.1, -0.05) is 151 Å². The normalized spacial score (nSPS) is 16.9. The summed E-state index contributed by atoms with van der Waals surface area (Å²) in [5.41, 5.74) is 4.80. The van der Waals surface area contributed by atoms with Crippen molar-refractivity contribution in [2.24, 2.45) is 0 Å². The second-order valence-corrected chi connectivity index (χ2v) is 42.9. The van der Waals surface area contributed by atoms with Crippen LogP contribution in [0.2, 0.25) is 78.6 Å². The van der Waals surface area contributed by atoms with Gasteiger partial charge in [0.1, 0.15) is 10.1 Å². The van der Waals surface area contributed by atoms with Crippen molar-refractivity contribution < 1.29 is 38.1 Å². The number of ether oxygens (including phenoxy) is 4. The molecule has 0 radical (unpaired) electrons. The van der Waals surface area contributed by atoms with E-state index in [-0.39, 0.29) is 11.1 Å². The van der Waals surface area contributed by atoms with Crippen molar-refractivity contribution in [1.29, 1.82) is 0 Å². The van der Waals surface area contributed by atoms with Crippen LogP contribution < -0.4 is 10.4 Å². The molecular weight excluding hydrogens is 937 g/mol. The van der Waals surface area contributed by atoms with Crippen molar-refractivity contribution >= 4 is 98.9 Å². The number of methoxy groups -OCH3 is 4. The summed E-state index contributed by atoms with van der Waals surface area (Å²) in [7, 11) is -4.96. The molecule has 70 heavy (non-hydrogen) atoms. The van der Waals surface area contributed by atoms with Crippen molar-refractivity contribution in [3.63, 3.8) is 0 Å². The van der Waals surface area contributed by atoms with E-state index in [2.05, 4.69) is 127 Å². The van der Waals surface area contributed by atoms with E-state index in [1.54, 1.807) is 0 Å². The Morgan fingerprint density at radius 1 is 0.414 bits per heavy atom. The third-order valence-corrected chi connectivity index (χ3v) is 24.0. The van der Waals surface area contributed by atoms with Crippen LogP contribution in [0.5, 0.6) is 0 Å². The average Bonchev–Trinajstić information content (AvgIpc) is 3.30. The molecule has 0 spiro atoms. The molecule has 0 aromatic heterocycles. The number of hydrogen-bond acceptors (Lipinski definition) is 8. The number of hydrogen-bond donors (Lipinski definition) is 0. The van der Waals surface area contributed by atoms with Crippen LogP contribution in [0, 0.1) is 23.7 Å².